The van der Waals surface area contributed by atoms with Gasteiger partial charge in [-0.1, -0.05) is 0 Å². The predicted molar refractivity (Wildman–Crippen MR) is 130 cm³/mol. The van der Waals surface area contributed by atoms with Crippen molar-refractivity contribution >= 4 is 27.3 Å². The lowest BCUT2D eigenvalue weighted by molar-refractivity contribution is 0.340. The molecule has 0 saturated carbocycles. The number of hydrogen-bond acceptors (Lipinski definition) is 6. The first kappa shape index (κ1) is 21.3. The zero-order chi connectivity index (χ0) is 22.8. The van der Waals surface area contributed by atoms with Gasteiger partial charge in [-0.15, -0.1) is 11.3 Å². The molecule has 0 aliphatic heterocycles. The number of hydrogen-bond donors (Lipinski definition) is 0. The number of methoxy groups -OCH3 is 1. The summed E-state index contributed by atoms with van der Waals surface area (Å²) in [5.74, 6) is 2.25. The number of nitriles is 1. The van der Waals surface area contributed by atoms with Crippen molar-refractivity contribution in [1.29, 1.82) is 5.26 Å². The number of rotatable bonds is 5. The van der Waals surface area contributed by atoms with E-state index in [2.05, 4.69) is 6.07 Å². The van der Waals surface area contributed by atoms with Crippen molar-refractivity contribution in [3.63, 3.8) is 0 Å². The second-order valence-electron chi connectivity index (χ2n) is 7.93. The molecule has 1 aliphatic rings. The van der Waals surface area contributed by atoms with Crippen LogP contribution in [0.5, 0.6) is 11.5 Å². The van der Waals surface area contributed by atoms with E-state index in [0.29, 0.717) is 18.0 Å². The minimum Gasteiger partial charge on any atom is -0.497 e. The first-order valence-electron chi connectivity index (χ1n) is 11.1. The average Bonchev–Trinajstić information content (AvgIpc) is 3.21. The Kier molecular flexibility index (Phi) is 5.89. The number of benzene rings is 2. The maximum Gasteiger partial charge on any atom is 0.137 e. The van der Waals surface area contributed by atoms with Gasteiger partial charge in [0, 0.05) is 21.9 Å². The van der Waals surface area contributed by atoms with E-state index in [9.17, 15) is 5.26 Å². The van der Waals surface area contributed by atoms with Crippen molar-refractivity contribution in [3.8, 4) is 28.9 Å². The van der Waals surface area contributed by atoms with Gasteiger partial charge in [-0.2, -0.15) is 5.26 Å². The molecule has 33 heavy (non-hydrogen) atoms. The highest BCUT2D eigenvalue weighted by molar-refractivity contribution is 7.16. The highest BCUT2D eigenvalue weighted by Crippen LogP contribution is 2.39. The summed E-state index contributed by atoms with van der Waals surface area (Å²) in [6.07, 6.45) is 4.29. The predicted octanol–water partition coefficient (Wildman–Crippen LogP) is 6.55. The summed E-state index contributed by atoms with van der Waals surface area (Å²) in [5, 5.41) is 12.3. The number of thiophene rings is 1. The summed E-state index contributed by atoms with van der Waals surface area (Å²) in [7, 11) is 1.65. The van der Waals surface area contributed by atoms with Crippen molar-refractivity contribution in [2.45, 2.75) is 32.6 Å². The van der Waals surface area contributed by atoms with Gasteiger partial charge in [0.25, 0.3) is 0 Å². The van der Waals surface area contributed by atoms with Crippen molar-refractivity contribution in [2.75, 3.05) is 13.7 Å². The van der Waals surface area contributed by atoms with Crippen LogP contribution in [0, 0.1) is 11.3 Å². The Bertz CT molecular complexity index is 1430. The highest BCUT2D eigenvalue weighted by atomic mass is 32.1. The quantitative estimate of drug-likeness (QED) is 0.341. The topological polar surface area (TPSA) is 67.8 Å². The summed E-state index contributed by atoms with van der Waals surface area (Å²) in [6, 6.07) is 17.9. The summed E-state index contributed by atoms with van der Waals surface area (Å²) >= 11 is 1.64. The maximum absolute atomic E-state index is 9.90. The molecule has 0 amide bonds. The van der Waals surface area contributed by atoms with E-state index in [1.165, 1.54) is 16.9 Å². The second kappa shape index (κ2) is 9.13. The molecule has 0 N–H and O–H groups in total. The molecule has 0 radical (unpaired) electrons. The Balaban J connectivity index is 1.74. The zero-order valence-corrected chi connectivity index (χ0v) is 19.5. The van der Waals surface area contributed by atoms with E-state index in [0.717, 1.165) is 57.6 Å². The van der Waals surface area contributed by atoms with Gasteiger partial charge in [-0.3, -0.25) is 0 Å². The molecule has 0 bridgehead atoms. The molecular weight excluding hydrogens is 432 g/mol. The molecule has 5 nitrogen and oxygen atoms in total. The third-order valence-corrected chi connectivity index (χ3v) is 7.07. The van der Waals surface area contributed by atoms with Crippen LogP contribution in [0.4, 0.5) is 5.00 Å². The second-order valence-corrected chi connectivity index (χ2v) is 9.01. The van der Waals surface area contributed by atoms with E-state index < -0.39 is 0 Å². The number of nitrogens with zero attached hydrogens (tertiary/aromatic N) is 2. The van der Waals surface area contributed by atoms with Gasteiger partial charge < -0.3 is 13.9 Å². The summed E-state index contributed by atoms with van der Waals surface area (Å²) in [5.41, 5.74) is 3.54. The molecule has 6 heteroatoms. The van der Waals surface area contributed by atoms with Gasteiger partial charge >= 0.3 is 0 Å². The molecule has 0 saturated heterocycles. The molecule has 2 aromatic carbocycles. The smallest absolute Gasteiger partial charge is 0.137 e. The van der Waals surface area contributed by atoms with E-state index in [4.69, 9.17) is 18.9 Å². The molecule has 166 valence electrons. The first-order chi connectivity index (χ1) is 16.2. The Labute approximate surface area is 196 Å². The molecule has 5 rings (SSSR count). The molecule has 4 aromatic rings. The van der Waals surface area contributed by atoms with E-state index in [1.807, 2.05) is 55.5 Å². The lowest BCUT2D eigenvalue weighted by atomic mass is 9.96. The number of fused-ring (bicyclic) bond motifs is 2. The minimum absolute atomic E-state index is 0.579. The molecule has 0 fully saturated rings. The summed E-state index contributed by atoms with van der Waals surface area (Å²) < 4.78 is 17.3. The van der Waals surface area contributed by atoms with Gasteiger partial charge in [-0.05, 0) is 80.6 Å². The van der Waals surface area contributed by atoms with Crippen LogP contribution in [0.2, 0.25) is 0 Å². The van der Waals surface area contributed by atoms with Crippen LogP contribution in [-0.4, -0.2) is 13.7 Å². The fourth-order valence-electron chi connectivity index (χ4n) is 4.25. The van der Waals surface area contributed by atoms with E-state index in [-0.39, 0.29) is 0 Å². The third kappa shape index (κ3) is 4.12. The van der Waals surface area contributed by atoms with Gasteiger partial charge in [0.2, 0.25) is 0 Å². The first-order valence-corrected chi connectivity index (χ1v) is 12.0. The molecule has 0 atom stereocenters. The van der Waals surface area contributed by atoms with Crippen molar-refractivity contribution in [1.82, 2.24) is 0 Å². The third-order valence-electron chi connectivity index (χ3n) is 5.89. The molecular formula is C27H24N2O3S. The van der Waals surface area contributed by atoms with Crippen LogP contribution in [0.15, 0.2) is 57.9 Å². The van der Waals surface area contributed by atoms with Gasteiger partial charge in [-0.25, -0.2) is 4.99 Å². The minimum atomic E-state index is 0.579. The Morgan fingerprint density at radius 3 is 2.61 bits per heavy atom. The van der Waals surface area contributed by atoms with E-state index >= 15 is 0 Å². The maximum atomic E-state index is 9.90. The van der Waals surface area contributed by atoms with Crippen LogP contribution in [-0.2, 0) is 12.8 Å². The molecule has 2 heterocycles. The van der Waals surface area contributed by atoms with Gasteiger partial charge in [0.15, 0.2) is 0 Å². The average molecular weight is 457 g/mol. The van der Waals surface area contributed by atoms with Crippen LogP contribution in [0.1, 0.15) is 35.8 Å². The standard InChI is InChI=1S/C27H24N2O3S/c1-3-31-19-12-13-24-21(14-19)23(15-25(32-24)17-8-10-18(30-2)11-9-17)29-27-22(16-28)20-6-4-5-7-26(20)33-27/h8-15H,3-7H2,1-2H3/b29-23+. The Morgan fingerprint density at radius 2 is 1.85 bits per heavy atom. The van der Waals surface area contributed by atoms with Crippen LogP contribution in [0.25, 0.3) is 22.3 Å². The summed E-state index contributed by atoms with van der Waals surface area (Å²) in [6.45, 7) is 2.54. The zero-order valence-electron chi connectivity index (χ0n) is 18.7. The summed E-state index contributed by atoms with van der Waals surface area (Å²) in [4.78, 5) is 6.32. The van der Waals surface area contributed by atoms with Crippen molar-refractivity contribution in [2.24, 2.45) is 4.99 Å². The van der Waals surface area contributed by atoms with Crippen LogP contribution >= 0.6 is 11.3 Å². The lowest BCUT2D eigenvalue weighted by Gasteiger charge is -2.09. The van der Waals surface area contributed by atoms with Crippen molar-refractivity contribution in [3.05, 3.63) is 69.9 Å². The molecule has 0 unspecified atom stereocenters. The van der Waals surface area contributed by atoms with Gasteiger partial charge in [0.1, 0.15) is 33.9 Å². The van der Waals surface area contributed by atoms with Gasteiger partial charge in [0.05, 0.1) is 24.6 Å². The molecule has 1 aliphatic carbocycles. The normalized spacial score (nSPS) is 13.5. The number of aryl methyl sites for hydroxylation is 1. The SMILES string of the molecule is CCOc1ccc2oc(-c3ccc(OC)cc3)c/c(=N\c3sc4c(c3C#N)CCCC4)c2c1. The van der Waals surface area contributed by atoms with Crippen LogP contribution in [0.3, 0.4) is 0 Å². The Morgan fingerprint density at radius 1 is 1.06 bits per heavy atom. The van der Waals surface area contributed by atoms with Crippen LogP contribution < -0.4 is 14.8 Å². The fraction of sp³-hybridized carbons (Fsp3) is 0.259. The highest BCUT2D eigenvalue weighted by Gasteiger charge is 2.20. The van der Waals surface area contributed by atoms with Crippen molar-refractivity contribution < 1.29 is 13.9 Å². The molecule has 2 aromatic heterocycles. The Hall–Kier alpha value is -3.56. The monoisotopic (exact) mass is 456 g/mol. The van der Waals surface area contributed by atoms with E-state index in [1.54, 1.807) is 18.4 Å². The largest absolute Gasteiger partial charge is 0.497 e. The molecule has 0 spiro atoms. The number of ether oxygens (including phenoxy) is 2. The lowest BCUT2D eigenvalue weighted by Crippen LogP contribution is -2.04. The fourth-order valence-corrected chi connectivity index (χ4v) is 5.47.